The highest BCUT2D eigenvalue weighted by molar-refractivity contribution is 5.89. The molecule has 0 radical (unpaired) electrons. The summed E-state index contributed by atoms with van der Waals surface area (Å²) in [6, 6.07) is 9.09. The predicted octanol–water partition coefficient (Wildman–Crippen LogP) is 2.53. The first-order chi connectivity index (χ1) is 9.21. The van der Waals surface area contributed by atoms with Gasteiger partial charge >= 0.3 is 5.97 Å². The third-order valence-corrected chi connectivity index (χ3v) is 3.96. The Hall–Kier alpha value is -1.39. The van der Waals surface area contributed by atoms with E-state index in [1.807, 2.05) is 18.2 Å². The number of carbonyl (C=O) groups excluding carboxylic acids is 1. The van der Waals surface area contributed by atoms with Gasteiger partial charge in [-0.05, 0) is 18.6 Å². The van der Waals surface area contributed by atoms with Crippen molar-refractivity contribution in [1.29, 1.82) is 0 Å². The fraction of sp³-hybridized carbons (Fsp3) is 0.533. The molecule has 0 N–H and O–H groups in total. The summed E-state index contributed by atoms with van der Waals surface area (Å²) in [6.07, 6.45) is 3.37. The number of benzene rings is 1. The van der Waals surface area contributed by atoms with Gasteiger partial charge in [0.05, 0.1) is 11.2 Å². The molecule has 1 aromatic rings. The van der Waals surface area contributed by atoms with E-state index < -0.39 is 0 Å². The zero-order valence-corrected chi connectivity index (χ0v) is 11.0. The van der Waals surface area contributed by atoms with Crippen molar-refractivity contribution in [3.63, 3.8) is 0 Å². The molecule has 0 aromatic heterocycles. The van der Waals surface area contributed by atoms with Gasteiger partial charge in [-0.1, -0.05) is 18.2 Å². The summed E-state index contributed by atoms with van der Waals surface area (Å²) in [5.41, 5.74) is 0.494. The minimum Gasteiger partial charge on any atom is -0.459 e. The molecule has 2 fully saturated rings. The van der Waals surface area contributed by atoms with Crippen LogP contribution in [0.2, 0.25) is 0 Å². The molecule has 1 atom stereocenters. The fourth-order valence-corrected chi connectivity index (χ4v) is 2.89. The van der Waals surface area contributed by atoms with Gasteiger partial charge in [-0.3, -0.25) is 0 Å². The molecule has 1 spiro atoms. The van der Waals surface area contributed by atoms with Gasteiger partial charge in [-0.2, -0.15) is 0 Å². The Labute approximate surface area is 112 Å². The number of hydrogen-bond acceptors (Lipinski definition) is 4. The van der Waals surface area contributed by atoms with Crippen LogP contribution >= 0.6 is 0 Å². The Morgan fingerprint density at radius 3 is 2.68 bits per heavy atom. The molecule has 4 nitrogen and oxygen atoms in total. The predicted molar refractivity (Wildman–Crippen MR) is 68.7 cm³/mol. The molecule has 3 rings (SSSR count). The summed E-state index contributed by atoms with van der Waals surface area (Å²) in [6.45, 7) is 0. The lowest BCUT2D eigenvalue weighted by Crippen LogP contribution is -2.49. The lowest BCUT2D eigenvalue weighted by Gasteiger charge is -2.43. The molecule has 1 aliphatic carbocycles. The maximum absolute atomic E-state index is 11.9. The molecule has 1 saturated carbocycles. The molecule has 0 bridgehead atoms. The maximum atomic E-state index is 11.9. The van der Waals surface area contributed by atoms with Crippen molar-refractivity contribution in [1.82, 2.24) is 0 Å². The standard InChI is InChI=1S/C15H18O4/c1-17-13-7-8-15(19-13)9-12(10-15)18-14(16)11-5-3-2-4-6-11/h2-6,12-13H,7-10H2,1H3/t12?,13-,15?/m1/s1. The minimum absolute atomic E-state index is 0.0247. The van der Waals surface area contributed by atoms with E-state index in [0.717, 1.165) is 25.7 Å². The molecule has 102 valence electrons. The van der Waals surface area contributed by atoms with E-state index in [9.17, 15) is 4.79 Å². The van der Waals surface area contributed by atoms with E-state index in [1.54, 1.807) is 19.2 Å². The number of esters is 1. The molecule has 1 saturated heterocycles. The molecule has 0 unspecified atom stereocenters. The van der Waals surface area contributed by atoms with Crippen LogP contribution in [0.3, 0.4) is 0 Å². The molecule has 2 aliphatic rings. The Balaban J connectivity index is 1.51. The van der Waals surface area contributed by atoms with Gasteiger partial charge < -0.3 is 14.2 Å². The fourth-order valence-electron chi connectivity index (χ4n) is 2.89. The summed E-state index contributed by atoms with van der Waals surface area (Å²) in [4.78, 5) is 11.9. The first-order valence-corrected chi connectivity index (χ1v) is 6.67. The van der Waals surface area contributed by atoms with Crippen LogP contribution < -0.4 is 0 Å². The summed E-state index contributed by atoms with van der Waals surface area (Å²) in [7, 11) is 1.66. The van der Waals surface area contributed by atoms with E-state index >= 15 is 0 Å². The topological polar surface area (TPSA) is 44.8 Å². The van der Waals surface area contributed by atoms with Crippen molar-refractivity contribution in [2.24, 2.45) is 0 Å². The second-order valence-electron chi connectivity index (χ2n) is 5.31. The molecule has 1 aromatic carbocycles. The first-order valence-electron chi connectivity index (χ1n) is 6.67. The van der Waals surface area contributed by atoms with Gasteiger partial charge in [-0.25, -0.2) is 4.79 Å². The third kappa shape index (κ3) is 2.51. The zero-order chi connectivity index (χ0) is 13.3. The molecular formula is C15H18O4. The highest BCUT2D eigenvalue weighted by Gasteiger charge is 2.52. The average molecular weight is 262 g/mol. The van der Waals surface area contributed by atoms with E-state index in [-0.39, 0.29) is 24.0 Å². The molecule has 1 aliphatic heterocycles. The second-order valence-corrected chi connectivity index (χ2v) is 5.31. The van der Waals surface area contributed by atoms with Gasteiger partial charge in [0, 0.05) is 26.4 Å². The van der Waals surface area contributed by atoms with Crippen LogP contribution in [0.1, 0.15) is 36.0 Å². The summed E-state index contributed by atoms with van der Waals surface area (Å²) < 4.78 is 16.5. The monoisotopic (exact) mass is 262 g/mol. The Kier molecular flexibility index (Phi) is 3.29. The van der Waals surface area contributed by atoms with E-state index in [4.69, 9.17) is 14.2 Å². The Bertz CT molecular complexity index is 450. The summed E-state index contributed by atoms with van der Waals surface area (Å²) in [5, 5.41) is 0. The number of methoxy groups -OCH3 is 1. The van der Waals surface area contributed by atoms with Crippen molar-refractivity contribution < 1.29 is 19.0 Å². The van der Waals surface area contributed by atoms with Gasteiger partial charge in [0.25, 0.3) is 0 Å². The maximum Gasteiger partial charge on any atom is 0.338 e. The van der Waals surface area contributed by atoms with Crippen molar-refractivity contribution in [3.8, 4) is 0 Å². The van der Waals surface area contributed by atoms with E-state index in [0.29, 0.717) is 5.56 Å². The summed E-state index contributed by atoms with van der Waals surface area (Å²) >= 11 is 0. The number of carbonyl (C=O) groups is 1. The number of hydrogen-bond donors (Lipinski definition) is 0. The number of ether oxygens (including phenoxy) is 3. The van der Waals surface area contributed by atoms with Crippen LogP contribution in [0.25, 0.3) is 0 Å². The third-order valence-electron chi connectivity index (χ3n) is 3.96. The van der Waals surface area contributed by atoms with Crippen molar-refractivity contribution in [2.45, 2.75) is 43.7 Å². The quantitative estimate of drug-likeness (QED) is 0.785. The highest BCUT2D eigenvalue weighted by atomic mass is 16.7. The van der Waals surface area contributed by atoms with Gasteiger partial charge in [0.15, 0.2) is 6.29 Å². The van der Waals surface area contributed by atoms with Crippen LogP contribution in [0, 0.1) is 0 Å². The second kappa shape index (κ2) is 4.94. The number of rotatable bonds is 3. The molecule has 0 amide bonds. The van der Waals surface area contributed by atoms with Crippen molar-refractivity contribution in [2.75, 3.05) is 7.11 Å². The van der Waals surface area contributed by atoms with Crippen molar-refractivity contribution >= 4 is 5.97 Å². The first kappa shape index (κ1) is 12.6. The van der Waals surface area contributed by atoms with E-state index in [2.05, 4.69) is 0 Å². The molecular weight excluding hydrogens is 244 g/mol. The van der Waals surface area contributed by atoms with Crippen LogP contribution in [-0.4, -0.2) is 31.1 Å². The molecule has 4 heteroatoms. The van der Waals surface area contributed by atoms with Crippen LogP contribution in [-0.2, 0) is 14.2 Å². The largest absolute Gasteiger partial charge is 0.459 e. The van der Waals surface area contributed by atoms with Crippen LogP contribution in [0.4, 0.5) is 0 Å². The van der Waals surface area contributed by atoms with Crippen molar-refractivity contribution in [3.05, 3.63) is 35.9 Å². The smallest absolute Gasteiger partial charge is 0.338 e. The lowest BCUT2D eigenvalue weighted by molar-refractivity contribution is -0.205. The van der Waals surface area contributed by atoms with E-state index in [1.165, 1.54) is 0 Å². The Morgan fingerprint density at radius 2 is 2.05 bits per heavy atom. The lowest BCUT2D eigenvalue weighted by atomic mass is 9.75. The van der Waals surface area contributed by atoms with Crippen LogP contribution in [0.15, 0.2) is 30.3 Å². The SMILES string of the molecule is CO[C@H]1CCC2(CC(OC(=O)c3ccccc3)C2)O1. The minimum atomic E-state index is -0.248. The average Bonchev–Trinajstić information content (AvgIpc) is 2.84. The Morgan fingerprint density at radius 1 is 1.32 bits per heavy atom. The zero-order valence-electron chi connectivity index (χ0n) is 11.0. The van der Waals surface area contributed by atoms with Crippen LogP contribution in [0.5, 0.6) is 0 Å². The molecule has 1 heterocycles. The highest BCUT2D eigenvalue weighted by Crippen LogP contribution is 2.47. The normalized spacial score (nSPS) is 33.1. The van der Waals surface area contributed by atoms with Gasteiger partial charge in [0.2, 0.25) is 0 Å². The van der Waals surface area contributed by atoms with Gasteiger partial charge in [-0.15, -0.1) is 0 Å². The molecule has 19 heavy (non-hydrogen) atoms. The summed E-state index contributed by atoms with van der Waals surface area (Å²) in [5.74, 6) is -0.248. The van der Waals surface area contributed by atoms with Gasteiger partial charge in [0.1, 0.15) is 6.10 Å².